The second kappa shape index (κ2) is 8.67. The second-order valence-electron chi connectivity index (χ2n) is 5.19. The van der Waals surface area contributed by atoms with E-state index in [2.05, 4.69) is 15.6 Å². The van der Waals surface area contributed by atoms with Gasteiger partial charge in [-0.2, -0.15) is 0 Å². The summed E-state index contributed by atoms with van der Waals surface area (Å²) in [5.74, 6) is 0.136. The third kappa shape index (κ3) is 5.39. The largest absolute Gasteiger partial charge is 0.494 e. The zero-order valence-corrected chi connectivity index (χ0v) is 13.8. The summed E-state index contributed by atoms with van der Waals surface area (Å²) in [6.45, 7) is 4.60. The minimum absolute atomic E-state index is 0.0855. The molecule has 1 aromatic heterocycles. The van der Waals surface area contributed by atoms with E-state index < -0.39 is 0 Å². The Bertz CT molecular complexity index is 699. The minimum Gasteiger partial charge on any atom is -0.494 e. The Kier molecular flexibility index (Phi) is 6.31. The first kappa shape index (κ1) is 17.5. The fourth-order valence-electron chi connectivity index (χ4n) is 2.08. The predicted octanol–water partition coefficient (Wildman–Crippen LogP) is 1.83. The Morgan fingerprint density at radius 1 is 1.08 bits per heavy atom. The summed E-state index contributed by atoms with van der Waals surface area (Å²) in [7, 11) is 0. The van der Waals surface area contributed by atoms with E-state index in [4.69, 9.17) is 4.74 Å². The highest BCUT2D eigenvalue weighted by molar-refractivity contribution is 5.96. The summed E-state index contributed by atoms with van der Waals surface area (Å²) in [5, 5.41) is 5.31. The molecular formula is C18H21N3O3. The van der Waals surface area contributed by atoms with Gasteiger partial charge in [-0.3, -0.25) is 14.6 Å². The van der Waals surface area contributed by atoms with Gasteiger partial charge in [0.15, 0.2) is 0 Å². The monoisotopic (exact) mass is 327 g/mol. The van der Waals surface area contributed by atoms with Gasteiger partial charge in [0.2, 0.25) is 5.91 Å². The van der Waals surface area contributed by atoms with Crippen LogP contribution in [0.2, 0.25) is 0 Å². The highest BCUT2D eigenvalue weighted by atomic mass is 16.5. The second-order valence-corrected chi connectivity index (χ2v) is 5.19. The van der Waals surface area contributed by atoms with E-state index >= 15 is 0 Å². The Balaban J connectivity index is 1.77. The number of hydrogen-bond donors (Lipinski definition) is 2. The molecule has 0 aliphatic heterocycles. The molecule has 0 fully saturated rings. The van der Waals surface area contributed by atoms with Crippen LogP contribution in [-0.2, 0) is 11.3 Å². The van der Waals surface area contributed by atoms with Crippen molar-refractivity contribution in [1.82, 2.24) is 15.6 Å². The van der Waals surface area contributed by atoms with E-state index in [9.17, 15) is 9.59 Å². The van der Waals surface area contributed by atoms with Crippen molar-refractivity contribution in [3.8, 4) is 5.75 Å². The summed E-state index contributed by atoms with van der Waals surface area (Å²) in [6.07, 6.45) is 0. The van der Waals surface area contributed by atoms with Gasteiger partial charge in [-0.1, -0.05) is 6.07 Å². The number of nitrogens with zero attached hydrogens (tertiary/aromatic N) is 1. The van der Waals surface area contributed by atoms with Crippen LogP contribution in [0.5, 0.6) is 5.75 Å². The lowest BCUT2D eigenvalue weighted by atomic mass is 10.2. The van der Waals surface area contributed by atoms with Crippen molar-refractivity contribution < 1.29 is 14.3 Å². The Morgan fingerprint density at radius 3 is 2.50 bits per heavy atom. The van der Waals surface area contributed by atoms with Gasteiger partial charge in [0.25, 0.3) is 5.91 Å². The molecule has 0 saturated heterocycles. The maximum atomic E-state index is 12.0. The Morgan fingerprint density at radius 2 is 1.83 bits per heavy atom. The molecule has 2 aromatic rings. The first-order valence-corrected chi connectivity index (χ1v) is 7.78. The third-order valence-corrected chi connectivity index (χ3v) is 3.25. The van der Waals surface area contributed by atoms with Crippen LogP contribution in [0.15, 0.2) is 42.5 Å². The fourth-order valence-corrected chi connectivity index (χ4v) is 2.08. The van der Waals surface area contributed by atoms with Crippen LogP contribution in [0.3, 0.4) is 0 Å². The maximum Gasteiger partial charge on any atom is 0.251 e. The standard InChI is InChI=1S/C18H21N3O3/c1-3-24-16-9-7-14(8-10-16)18(23)20-12-17(22)19-11-15-6-4-5-13(2)21-15/h4-10H,3,11-12H2,1-2H3,(H,19,22)(H,20,23). The number of carbonyl (C=O) groups is 2. The number of aryl methyl sites for hydroxylation is 1. The molecule has 0 bridgehead atoms. The van der Waals surface area contributed by atoms with Crippen molar-refractivity contribution in [3.63, 3.8) is 0 Å². The first-order chi connectivity index (χ1) is 11.6. The molecule has 0 aliphatic carbocycles. The molecular weight excluding hydrogens is 306 g/mol. The number of hydrogen-bond acceptors (Lipinski definition) is 4. The number of ether oxygens (including phenoxy) is 1. The number of rotatable bonds is 7. The summed E-state index contributed by atoms with van der Waals surface area (Å²) in [5.41, 5.74) is 2.15. The maximum absolute atomic E-state index is 12.0. The average Bonchev–Trinajstić information content (AvgIpc) is 2.59. The van der Waals surface area contributed by atoms with Crippen LogP contribution < -0.4 is 15.4 Å². The highest BCUT2D eigenvalue weighted by Crippen LogP contribution is 2.11. The normalized spacial score (nSPS) is 10.1. The van der Waals surface area contributed by atoms with Gasteiger partial charge in [-0.05, 0) is 50.2 Å². The molecule has 126 valence electrons. The number of carbonyl (C=O) groups excluding carboxylic acids is 2. The predicted molar refractivity (Wildman–Crippen MR) is 90.8 cm³/mol. The van der Waals surface area contributed by atoms with Crippen LogP contribution >= 0.6 is 0 Å². The Labute approximate surface area is 141 Å². The molecule has 2 N–H and O–H groups in total. The lowest BCUT2D eigenvalue weighted by Crippen LogP contribution is -2.36. The molecule has 0 saturated carbocycles. The molecule has 2 amide bonds. The number of pyridine rings is 1. The summed E-state index contributed by atoms with van der Waals surface area (Å²) in [4.78, 5) is 28.1. The van der Waals surface area contributed by atoms with Gasteiger partial charge in [0, 0.05) is 11.3 Å². The van der Waals surface area contributed by atoms with Crippen molar-refractivity contribution in [3.05, 3.63) is 59.4 Å². The van der Waals surface area contributed by atoms with Crippen LogP contribution in [0, 0.1) is 6.92 Å². The lowest BCUT2D eigenvalue weighted by molar-refractivity contribution is -0.120. The van der Waals surface area contributed by atoms with Crippen LogP contribution in [-0.4, -0.2) is 29.9 Å². The summed E-state index contributed by atoms with van der Waals surface area (Å²) < 4.78 is 5.32. The van der Waals surface area contributed by atoms with Gasteiger partial charge in [0.05, 0.1) is 25.4 Å². The van der Waals surface area contributed by atoms with E-state index in [1.165, 1.54) is 0 Å². The van der Waals surface area contributed by atoms with Crippen molar-refractivity contribution in [2.24, 2.45) is 0 Å². The molecule has 6 heteroatoms. The number of nitrogens with one attached hydrogen (secondary N) is 2. The molecule has 0 atom stereocenters. The first-order valence-electron chi connectivity index (χ1n) is 7.78. The van der Waals surface area contributed by atoms with Crippen molar-refractivity contribution in [2.45, 2.75) is 20.4 Å². The molecule has 6 nitrogen and oxygen atoms in total. The van der Waals surface area contributed by atoms with E-state index in [0.717, 1.165) is 11.4 Å². The van der Waals surface area contributed by atoms with E-state index in [1.807, 2.05) is 32.0 Å². The zero-order valence-electron chi connectivity index (χ0n) is 13.8. The molecule has 0 spiro atoms. The van der Waals surface area contributed by atoms with Crippen LogP contribution in [0.1, 0.15) is 28.7 Å². The summed E-state index contributed by atoms with van der Waals surface area (Å²) >= 11 is 0. The molecule has 0 aliphatic rings. The van der Waals surface area contributed by atoms with Crippen LogP contribution in [0.4, 0.5) is 0 Å². The van der Waals surface area contributed by atoms with Crippen molar-refractivity contribution >= 4 is 11.8 Å². The van der Waals surface area contributed by atoms with E-state index in [-0.39, 0.29) is 18.4 Å². The molecule has 0 radical (unpaired) electrons. The molecule has 1 heterocycles. The van der Waals surface area contributed by atoms with Gasteiger partial charge < -0.3 is 15.4 Å². The molecule has 24 heavy (non-hydrogen) atoms. The number of benzene rings is 1. The van der Waals surface area contributed by atoms with Crippen molar-refractivity contribution in [2.75, 3.05) is 13.2 Å². The lowest BCUT2D eigenvalue weighted by Gasteiger charge is -2.08. The fraction of sp³-hybridized carbons (Fsp3) is 0.278. The SMILES string of the molecule is CCOc1ccc(C(=O)NCC(=O)NCc2cccc(C)n2)cc1. The number of aromatic nitrogens is 1. The van der Waals surface area contributed by atoms with Gasteiger partial charge >= 0.3 is 0 Å². The molecule has 1 aromatic carbocycles. The Hall–Kier alpha value is -2.89. The zero-order chi connectivity index (χ0) is 17.4. The molecule has 2 rings (SSSR count). The van der Waals surface area contributed by atoms with E-state index in [1.54, 1.807) is 24.3 Å². The van der Waals surface area contributed by atoms with Gasteiger partial charge in [0.1, 0.15) is 5.75 Å². The smallest absolute Gasteiger partial charge is 0.251 e. The minimum atomic E-state index is -0.304. The highest BCUT2D eigenvalue weighted by Gasteiger charge is 2.08. The quantitative estimate of drug-likeness (QED) is 0.813. The van der Waals surface area contributed by atoms with Gasteiger partial charge in [-0.15, -0.1) is 0 Å². The molecule has 0 unspecified atom stereocenters. The van der Waals surface area contributed by atoms with E-state index in [0.29, 0.717) is 24.5 Å². The average molecular weight is 327 g/mol. The summed E-state index contributed by atoms with van der Waals surface area (Å²) in [6, 6.07) is 12.4. The topological polar surface area (TPSA) is 80.3 Å². The van der Waals surface area contributed by atoms with Gasteiger partial charge in [-0.25, -0.2) is 0 Å². The van der Waals surface area contributed by atoms with Crippen LogP contribution in [0.25, 0.3) is 0 Å². The number of amides is 2. The third-order valence-electron chi connectivity index (χ3n) is 3.25. The van der Waals surface area contributed by atoms with Crippen molar-refractivity contribution in [1.29, 1.82) is 0 Å².